The maximum Gasteiger partial charge on any atom is 0.218 e. The number of aromatic nitrogens is 1. The minimum atomic E-state index is 0. The number of rotatable bonds is 9. The second-order valence-electron chi connectivity index (χ2n) is 4.88. The second-order valence-corrected chi connectivity index (χ2v) is 4.88. The van der Waals surface area contributed by atoms with Crippen LogP contribution in [-0.4, -0.2) is 31.1 Å². The Bertz CT molecular complexity index is 426. The lowest BCUT2D eigenvalue weighted by atomic mass is 10.2. The molecular weight excluding hydrogens is 391 g/mol. The molecule has 0 radical (unpaired) electrons. The number of guanidine groups is 1. The van der Waals surface area contributed by atoms with E-state index in [-0.39, 0.29) is 24.0 Å². The van der Waals surface area contributed by atoms with Gasteiger partial charge in [0.1, 0.15) is 0 Å². The van der Waals surface area contributed by atoms with Gasteiger partial charge in [-0.1, -0.05) is 32.8 Å². The number of hydrogen-bond donors (Lipinski definition) is 2. The first-order valence-electron chi connectivity index (χ1n) is 7.83. The van der Waals surface area contributed by atoms with Crippen LogP contribution in [0.1, 0.15) is 45.1 Å². The lowest BCUT2D eigenvalue weighted by molar-refractivity contribution is 0.301. The molecule has 0 aliphatic carbocycles. The number of nitrogens with zero attached hydrogens (tertiary/aromatic N) is 2. The van der Waals surface area contributed by atoms with E-state index in [0.717, 1.165) is 30.9 Å². The largest absolute Gasteiger partial charge is 0.477 e. The first-order valence-corrected chi connectivity index (χ1v) is 7.83. The fourth-order valence-electron chi connectivity index (χ4n) is 1.87. The number of pyridine rings is 1. The van der Waals surface area contributed by atoms with Crippen molar-refractivity contribution in [3.63, 3.8) is 0 Å². The number of ether oxygens (including phenoxy) is 1. The van der Waals surface area contributed by atoms with Gasteiger partial charge < -0.3 is 15.4 Å². The lowest BCUT2D eigenvalue weighted by Crippen LogP contribution is -2.37. The van der Waals surface area contributed by atoms with E-state index in [4.69, 9.17) is 4.74 Å². The third-order valence-electron chi connectivity index (χ3n) is 3.04. The molecule has 0 spiro atoms. The van der Waals surface area contributed by atoms with Crippen molar-refractivity contribution in [3.8, 4) is 5.88 Å². The molecule has 0 unspecified atom stereocenters. The molecule has 0 saturated heterocycles. The fraction of sp³-hybridized carbons (Fsp3) is 0.625. The number of unbranched alkanes of at least 4 members (excludes halogenated alkanes) is 2. The molecule has 6 heteroatoms. The zero-order valence-corrected chi connectivity index (χ0v) is 16.2. The van der Waals surface area contributed by atoms with Gasteiger partial charge in [-0.2, -0.15) is 0 Å². The van der Waals surface area contributed by atoms with Gasteiger partial charge in [0, 0.05) is 31.9 Å². The zero-order valence-electron chi connectivity index (χ0n) is 13.9. The molecule has 126 valence electrons. The Morgan fingerprint density at radius 2 is 2.05 bits per heavy atom. The summed E-state index contributed by atoms with van der Waals surface area (Å²) in [5, 5.41) is 6.61. The van der Waals surface area contributed by atoms with Crippen molar-refractivity contribution >= 4 is 29.9 Å². The van der Waals surface area contributed by atoms with E-state index in [2.05, 4.69) is 34.5 Å². The highest BCUT2D eigenvalue weighted by atomic mass is 127. The van der Waals surface area contributed by atoms with Crippen molar-refractivity contribution < 1.29 is 4.74 Å². The minimum absolute atomic E-state index is 0. The average Bonchev–Trinajstić information content (AvgIpc) is 2.53. The van der Waals surface area contributed by atoms with E-state index >= 15 is 0 Å². The van der Waals surface area contributed by atoms with Crippen LogP contribution in [0.2, 0.25) is 0 Å². The summed E-state index contributed by atoms with van der Waals surface area (Å²) in [7, 11) is 1.78. The molecule has 0 aromatic carbocycles. The molecule has 22 heavy (non-hydrogen) atoms. The van der Waals surface area contributed by atoms with Gasteiger partial charge in [-0.3, -0.25) is 4.99 Å². The third-order valence-corrected chi connectivity index (χ3v) is 3.04. The topological polar surface area (TPSA) is 58.5 Å². The minimum Gasteiger partial charge on any atom is -0.477 e. The summed E-state index contributed by atoms with van der Waals surface area (Å²) in [5.41, 5.74) is 1.04. The monoisotopic (exact) mass is 420 g/mol. The van der Waals surface area contributed by atoms with Crippen molar-refractivity contribution in [2.24, 2.45) is 4.99 Å². The molecular formula is C16H29IN4O. The van der Waals surface area contributed by atoms with E-state index in [1.54, 1.807) is 13.2 Å². The number of aliphatic imine (C=N–C) groups is 1. The number of halogens is 1. The Morgan fingerprint density at radius 1 is 1.23 bits per heavy atom. The number of nitrogens with one attached hydrogen (secondary N) is 2. The Balaban J connectivity index is 0.00000441. The van der Waals surface area contributed by atoms with Crippen molar-refractivity contribution in [2.75, 3.05) is 20.2 Å². The van der Waals surface area contributed by atoms with Gasteiger partial charge in [0.15, 0.2) is 5.96 Å². The summed E-state index contributed by atoms with van der Waals surface area (Å²) in [5.74, 6) is 1.52. The maximum absolute atomic E-state index is 5.65. The van der Waals surface area contributed by atoms with E-state index in [0.29, 0.717) is 19.0 Å². The Labute approximate surface area is 151 Å². The standard InChI is InChI=1S/C16H28N4O.HI/c1-4-6-7-10-19-16(17-3)20-13-14-9-8-11-18-15(14)21-12-5-2;/h8-9,11H,4-7,10,12-13H2,1-3H3,(H2,17,19,20);1H. The summed E-state index contributed by atoms with van der Waals surface area (Å²) >= 11 is 0. The van der Waals surface area contributed by atoms with Gasteiger partial charge in [-0.05, 0) is 18.9 Å². The highest BCUT2D eigenvalue weighted by Gasteiger charge is 2.05. The van der Waals surface area contributed by atoms with E-state index in [1.165, 1.54) is 12.8 Å². The van der Waals surface area contributed by atoms with Crippen LogP contribution in [0.5, 0.6) is 5.88 Å². The van der Waals surface area contributed by atoms with Crippen LogP contribution in [0.4, 0.5) is 0 Å². The Kier molecular flexibility index (Phi) is 13.0. The van der Waals surface area contributed by atoms with Gasteiger partial charge in [0.2, 0.25) is 5.88 Å². The molecule has 0 bridgehead atoms. The molecule has 0 aliphatic rings. The smallest absolute Gasteiger partial charge is 0.218 e. The predicted octanol–water partition coefficient (Wildman–Crippen LogP) is 3.34. The molecule has 0 amide bonds. The van der Waals surface area contributed by atoms with Crippen molar-refractivity contribution in [2.45, 2.75) is 46.1 Å². The quantitative estimate of drug-likeness (QED) is 0.279. The van der Waals surface area contributed by atoms with Gasteiger partial charge in [0.25, 0.3) is 0 Å². The second kappa shape index (κ2) is 13.6. The van der Waals surface area contributed by atoms with Gasteiger partial charge >= 0.3 is 0 Å². The van der Waals surface area contributed by atoms with E-state index in [9.17, 15) is 0 Å². The molecule has 1 heterocycles. The summed E-state index contributed by atoms with van der Waals surface area (Å²) in [6, 6.07) is 3.95. The fourth-order valence-corrected chi connectivity index (χ4v) is 1.87. The molecule has 0 saturated carbocycles. The molecule has 1 rings (SSSR count). The summed E-state index contributed by atoms with van der Waals surface area (Å²) in [4.78, 5) is 8.51. The average molecular weight is 420 g/mol. The van der Waals surface area contributed by atoms with Crippen LogP contribution in [0.25, 0.3) is 0 Å². The Hall–Kier alpha value is -1.05. The normalized spacial score (nSPS) is 10.8. The van der Waals surface area contributed by atoms with Crippen LogP contribution in [-0.2, 0) is 6.54 Å². The van der Waals surface area contributed by atoms with Crippen LogP contribution in [0, 0.1) is 0 Å². The highest BCUT2D eigenvalue weighted by Crippen LogP contribution is 2.14. The summed E-state index contributed by atoms with van der Waals surface area (Å²) in [6.45, 7) is 6.57. The molecule has 0 aliphatic heterocycles. The van der Waals surface area contributed by atoms with Crippen LogP contribution in [0.3, 0.4) is 0 Å². The van der Waals surface area contributed by atoms with Crippen LogP contribution < -0.4 is 15.4 Å². The molecule has 0 atom stereocenters. The highest BCUT2D eigenvalue weighted by molar-refractivity contribution is 14.0. The zero-order chi connectivity index (χ0) is 15.3. The van der Waals surface area contributed by atoms with Crippen molar-refractivity contribution in [3.05, 3.63) is 23.9 Å². The first kappa shape index (κ1) is 20.9. The van der Waals surface area contributed by atoms with Gasteiger partial charge in [0.05, 0.1) is 6.61 Å². The number of hydrogen-bond acceptors (Lipinski definition) is 3. The first-order chi connectivity index (χ1) is 10.3. The lowest BCUT2D eigenvalue weighted by Gasteiger charge is -2.13. The molecule has 1 aromatic rings. The van der Waals surface area contributed by atoms with Crippen LogP contribution in [0.15, 0.2) is 23.3 Å². The van der Waals surface area contributed by atoms with Crippen molar-refractivity contribution in [1.82, 2.24) is 15.6 Å². The summed E-state index contributed by atoms with van der Waals surface area (Å²) < 4.78 is 5.65. The molecule has 1 aromatic heterocycles. The van der Waals surface area contributed by atoms with Crippen LogP contribution >= 0.6 is 24.0 Å². The van der Waals surface area contributed by atoms with Gasteiger partial charge in [-0.25, -0.2) is 4.98 Å². The molecule has 5 nitrogen and oxygen atoms in total. The molecule has 2 N–H and O–H groups in total. The molecule has 0 fully saturated rings. The van der Waals surface area contributed by atoms with Crippen molar-refractivity contribution in [1.29, 1.82) is 0 Å². The van der Waals surface area contributed by atoms with Gasteiger partial charge in [-0.15, -0.1) is 24.0 Å². The van der Waals surface area contributed by atoms with E-state index in [1.807, 2.05) is 12.1 Å². The predicted molar refractivity (Wildman–Crippen MR) is 103 cm³/mol. The maximum atomic E-state index is 5.65. The Morgan fingerprint density at radius 3 is 2.73 bits per heavy atom. The SMILES string of the molecule is CCCCCNC(=NC)NCc1cccnc1OCCC.I. The third kappa shape index (κ3) is 8.41. The summed E-state index contributed by atoms with van der Waals surface area (Å²) in [6.07, 6.45) is 6.36. The van der Waals surface area contributed by atoms with E-state index < -0.39 is 0 Å².